The minimum Gasteiger partial charge on any atom is -0.387 e. The normalized spacial score (nSPS) is 14.6. The molecule has 0 bridgehead atoms. The molecule has 1 aromatic carbocycles. The summed E-state index contributed by atoms with van der Waals surface area (Å²) in [5, 5.41) is 7.29. The highest BCUT2D eigenvalue weighted by atomic mass is 19.4. The lowest BCUT2D eigenvalue weighted by Crippen LogP contribution is -2.42. The van der Waals surface area contributed by atoms with Gasteiger partial charge in [0, 0.05) is 17.3 Å². The molecule has 132 valence electrons. The van der Waals surface area contributed by atoms with Gasteiger partial charge in [-0.3, -0.25) is 19.9 Å². The minimum atomic E-state index is -5.12. The van der Waals surface area contributed by atoms with Crippen LogP contribution in [0.4, 0.5) is 18.9 Å². The Balaban J connectivity index is 2.38. The summed E-state index contributed by atoms with van der Waals surface area (Å²) in [6, 6.07) is 5.07. The second-order valence-electron chi connectivity index (χ2n) is 5.23. The number of amidine groups is 2. The van der Waals surface area contributed by atoms with Crippen LogP contribution in [-0.2, 0) is 9.59 Å². The maximum absolute atomic E-state index is 12.9. The van der Waals surface area contributed by atoms with Crippen LogP contribution in [0.1, 0.15) is 12.0 Å². The zero-order valence-electron chi connectivity index (χ0n) is 12.8. The van der Waals surface area contributed by atoms with Crippen molar-refractivity contribution in [2.75, 3.05) is 11.4 Å². The van der Waals surface area contributed by atoms with Crippen LogP contribution < -0.4 is 16.4 Å². The van der Waals surface area contributed by atoms with Gasteiger partial charge in [0.05, 0.1) is 18.7 Å². The molecule has 10 heteroatoms. The van der Waals surface area contributed by atoms with Gasteiger partial charge in [0.1, 0.15) is 11.7 Å². The molecule has 0 radical (unpaired) electrons. The lowest BCUT2D eigenvalue weighted by molar-refractivity contribution is -0.170. The third-order valence-electron chi connectivity index (χ3n) is 3.27. The van der Waals surface area contributed by atoms with Crippen LogP contribution >= 0.6 is 0 Å². The van der Waals surface area contributed by atoms with E-state index in [-0.39, 0.29) is 35.0 Å². The summed E-state index contributed by atoms with van der Waals surface area (Å²) in [5.41, 5.74) is 10.9. The third kappa shape index (κ3) is 4.43. The monoisotopic (exact) mass is 353 g/mol. The van der Waals surface area contributed by atoms with E-state index in [0.717, 1.165) is 6.08 Å². The van der Waals surface area contributed by atoms with Gasteiger partial charge in [-0.15, -0.1) is 0 Å². The Morgan fingerprint density at radius 1 is 1.28 bits per heavy atom. The summed E-state index contributed by atoms with van der Waals surface area (Å²) in [5.74, 6) is -2.82. The Kier molecular flexibility index (Phi) is 4.91. The van der Waals surface area contributed by atoms with E-state index in [1.165, 1.54) is 24.3 Å². The van der Waals surface area contributed by atoms with Crippen LogP contribution in [0.2, 0.25) is 0 Å². The lowest BCUT2D eigenvalue weighted by Gasteiger charge is -2.25. The van der Waals surface area contributed by atoms with E-state index in [4.69, 9.17) is 16.9 Å². The number of alkyl halides is 3. The molecule has 25 heavy (non-hydrogen) atoms. The average molecular weight is 353 g/mol. The van der Waals surface area contributed by atoms with E-state index in [0.29, 0.717) is 4.90 Å². The Labute approximate surface area is 140 Å². The van der Waals surface area contributed by atoms with Crippen molar-refractivity contribution in [3.05, 3.63) is 41.6 Å². The third-order valence-corrected chi connectivity index (χ3v) is 3.27. The average Bonchev–Trinajstić information content (AvgIpc) is 2.50. The van der Waals surface area contributed by atoms with Crippen LogP contribution in [0.25, 0.3) is 0 Å². The van der Waals surface area contributed by atoms with Crippen molar-refractivity contribution >= 4 is 29.0 Å². The zero-order valence-corrected chi connectivity index (χ0v) is 12.8. The molecule has 0 atom stereocenters. The van der Waals surface area contributed by atoms with Gasteiger partial charge in [-0.2, -0.15) is 13.2 Å². The van der Waals surface area contributed by atoms with Crippen LogP contribution in [-0.4, -0.2) is 36.1 Å². The number of allylic oxidation sites excluding steroid dienone is 1. The number of benzene rings is 1. The first-order valence-electron chi connectivity index (χ1n) is 6.97. The SMILES string of the molecule is N=C(N)c1ccc(N(CC2=CC(=O)CC(N)=N2)C(=O)C(F)(F)F)cc1. The summed E-state index contributed by atoms with van der Waals surface area (Å²) in [4.78, 5) is 27.5. The topological polar surface area (TPSA) is 126 Å². The predicted molar refractivity (Wildman–Crippen MR) is 85.2 cm³/mol. The maximum Gasteiger partial charge on any atom is 0.471 e. The number of anilines is 1. The molecule has 0 aliphatic carbocycles. The smallest absolute Gasteiger partial charge is 0.387 e. The van der Waals surface area contributed by atoms with Crippen molar-refractivity contribution in [3.63, 3.8) is 0 Å². The van der Waals surface area contributed by atoms with Crippen LogP contribution in [0.5, 0.6) is 0 Å². The van der Waals surface area contributed by atoms with E-state index in [1.54, 1.807) is 0 Å². The van der Waals surface area contributed by atoms with Crippen LogP contribution in [0.3, 0.4) is 0 Å². The molecule has 1 aliphatic rings. The molecule has 0 saturated carbocycles. The standard InChI is InChI=1S/C15H14F3N5O2/c16-15(17,18)14(25)23(7-9-5-11(24)6-12(19)22-9)10-3-1-8(2-4-10)13(20)21/h1-5H,6-7H2,(H2,19,22)(H3,20,21). The summed E-state index contributed by atoms with van der Waals surface area (Å²) < 4.78 is 38.7. The van der Waals surface area contributed by atoms with Gasteiger partial charge in [0.2, 0.25) is 0 Å². The van der Waals surface area contributed by atoms with Gasteiger partial charge in [0.15, 0.2) is 5.78 Å². The summed E-state index contributed by atoms with van der Waals surface area (Å²) in [6.45, 7) is -0.579. The number of nitrogens with one attached hydrogen (secondary N) is 1. The number of aliphatic imine (C=N–C) groups is 1. The number of rotatable bonds is 4. The molecule has 2 rings (SSSR count). The van der Waals surface area contributed by atoms with Crippen molar-refractivity contribution in [1.82, 2.24) is 0 Å². The first-order chi connectivity index (χ1) is 11.6. The van der Waals surface area contributed by atoms with Gasteiger partial charge in [-0.25, -0.2) is 4.99 Å². The molecular formula is C15H14F3N5O2. The van der Waals surface area contributed by atoms with E-state index < -0.39 is 24.4 Å². The fourth-order valence-corrected chi connectivity index (χ4v) is 2.17. The van der Waals surface area contributed by atoms with Gasteiger partial charge < -0.3 is 11.5 Å². The molecule has 1 aromatic rings. The van der Waals surface area contributed by atoms with E-state index in [9.17, 15) is 22.8 Å². The number of nitrogens with two attached hydrogens (primary N) is 2. The largest absolute Gasteiger partial charge is 0.471 e. The van der Waals surface area contributed by atoms with Crippen molar-refractivity contribution in [2.45, 2.75) is 12.6 Å². The lowest BCUT2D eigenvalue weighted by atomic mass is 10.1. The van der Waals surface area contributed by atoms with Gasteiger partial charge in [0.25, 0.3) is 0 Å². The molecule has 7 nitrogen and oxygen atoms in total. The maximum atomic E-state index is 12.9. The quantitative estimate of drug-likeness (QED) is 0.553. The molecule has 0 saturated heterocycles. The summed E-state index contributed by atoms with van der Waals surface area (Å²) >= 11 is 0. The van der Waals surface area contributed by atoms with Crippen LogP contribution in [0, 0.1) is 5.41 Å². The summed E-state index contributed by atoms with van der Waals surface area (Å²) in [7, 11) is 0. The van der Waals surface area contributed by atoms with E-state index in [1.807, 2.05) is 0 Å². The fourth-order valence-electron chi connectivity index (χ4n) is 2.17. The number of halogens is 3. The number of carbonyl (C=O) groups excluding carboxylic acids is 2. The number of hydrogen-bond donors (Lipinski definition) is 3. The first-order valence-corrected chi connectivity index (χ1v) is 6.97. The van der Waals surface area contributed by atoms with Gasteiger partial charge in [-0.05, 0) is 24.3 Å². The Bertz CT molecular complexity index is 781. The second kappa shape index (κ2) is 6.75. The number of carbonyl (C=O) groups is 2. The number of nitrogens with zero attached hydrogens (tertiary/aromatic N) is 2. The predicted octanol–water partition coefficient (Wildman–Crippen LogP) is 1.08. The number of hydrogen-bond acceptors (Lipinski definition) is 5. The van der Waals surface area contributed by atoms with Gasteiger partial charge >= 0.3 is 12.1 Å². The number of ketones is 1. The summed E-state index contributed by atoms with van der Waals surface area (Å²) in [6.07, 6.45) is -4.19. The van der Waals surface area contributed by atoms with Crippen LogP contribution in [0.15, 0.2) is 41.0 Å². The van der Waals surface area contributed by atoms with Crippen molar-refractivity contribution < 1.29 is 22.8 Å². The molecule has 1 heterocycles. The van der Waals surface area contributed by atoms with E-state index in [2.05, 4.69) is 4.99 Å². The number of amides is 1. The Morgan fingerprint density at radius 2 is 1.88 bits per heavy atom. The highest BCUT2D eigenvalue weighted by Crippen LogP contribution is 2.25. The molecule has 1 aliphatic heterocycles. The van der Waals surface area contributed by atoms with Crippen molar-refractivity contribution in [2.24, 2.45) is 16.5 Å². The Hall–Kier alpha value is -3.17. The van der Waals surface area contributed by atoms with E-state index >= 15 is 0 Å². The van der Waals surface area contributed by atoms with Crippen molar-refractivity contribution in [3.8, 4) is 0 Å². The first kappa shape index (κ1) is 18.2. The number of nitrogen functional groups attached to an aromatic ring is 1. The molecule has 5 N–H and O–H groups in total. The second-order valence-corrected chi connectivity index (χ2v) is 5.23. The molecule has 0 spiro atoms. The highest BCUT2D eigenvalue weighted by molar-refractivity contribution is 6.08. The molecule has 0 fully saturated rings. The minimum absolute atomic E-state index is 0.0335. The molecular weight excluding hydrogens is 339 g/mol. The molecule has 1 amide bonds. The van der Waals surface area contributed by atoms with Gasteiger partial charge in [-0.1, -0.05) is 0 Å². The molecule has 0 aromatic heterocycles. The highest BCUT2D eigenvalue weighted by Gasteiger charge is 2.43. The Morgan fingerprint density at radius 3 is 2.36 bits per heavy atom. The fraction of sp³-hybridized carbons (Fsp3) is 0.200. The molecule has 0 unspecified atom stereocenters. The zero-order chi connectivity index (χ0) is 18.8. The van der Waals surface area contributed by atoms with Crippen molar-refractivity contribution in [1.29, 1.82) is 5.41 Å².